The zero-order valence-electron chi connectivity index (χ0n) is 8.56. The van der Waals surface area contributed by atoms with Gasteiger partial charge in [0.2, 0.25) is 0 Å². The van der Waals surface area contributed by atoms with Crippen molar-refractivity contribution in [1.29, 1.82) is 0 Å². The van der Waals surface area contributed by atoms with Crippen LogP contribution in [0.3, 0.4) is 0 Å². The molecule has 0 saturated carbocycles. The number of carbonyl (C=O) groups is 2. The number of likely N-dealkylation sites (tertiary alicyclic amines) is 1. The van der Waals surface area contributed by atoms with Crippen LogP contribution in [-0.4, -0.2) is 53.6 Å². The van der Waals surface area contributed by atoms with E-state index in [0.717, 1.165) is 12.8 Å². The van der Waals surface area contributed by atoms with Gasteiger partial charge in [-0.2, -0.15) is 0 Å². The van der Waals surface area contributed by atoms with Crippen LogP contribution in [0.2, 0.25) is 0 Å². The quantitative estimate of drug-likeness (QED) is 0.674. The maximum atomic E-state index is 11.6. The number of urea groups is 1. The van der Waals surface area contributed by atoms with Gasteiger partial charge in [-0.3, -0.25) is 0 Å². The Hall–Kier alpha value is -1.26. The van der Waals surface area contributed by atoms with Crippen molar-refractivity contribution in [2.75, 3.05) is 20.6 Å². The molecular weight excluding hydrogens is 184 g/mol. The Morgan fingerprint density at radius 2 is 2.00 bits per heavy atom. The molecule has 0 unspecified atom stereocenters. The van der Waals surface area contributed by atoms with Crippen LogP contribution in [0, 0.1) is 0 Å². The highest BCUT2D eigenvalue weighted by atomic mass is 16.4. The molecule has 0 spiro atoms. The Bertz CT molecular complexity index is 240. The molecule has 1 aliphatic heterocycles. The molecule has 80 valence electrons. The number of piperidine rings is 1. The van der Waals surface area contributed by atoms with Crippen molar-refractivity contribution in [2.24, 2.45) is 0 Å². The fourth-order valence-electron chi connectivity index (χ4n) is 1.67. The molecule has 1 saturated heterocycles. The lowest BCUT2D eigenvalue weighted by atomic mass is 10.0. The number of amides is 2. The smallest absolute Gasteiger partial charge is 0.326 e. The van der Waals surface area contributed by atoms with Gasteiger partial charge < -0.3 is 14.9 Å². The first kappa shape index (κ1) is 10.8. The molecule has 0 aliphatic carbocycles. The minimum absolute atomic E-state index is 0.211. The van der Waals surface area contributed by atoms with E-state index in [2.05, 4.69) is 0 Å². The minimum atomic E-state index is -0.903. The summed E-state index contributed by atoms with van der Waals surface area (Å²) in [6, 6.07) is -0.851. The van der Waals surface area contributed by atoms with Crippen LogP contribution in [-0.2, 0) is 4.79 Å². The summed E-state index contributed by atoms with van der Waals surface area (Å²) >= 11 is 0. The fourth-order valence-corrected chi connectivity index (χ4v) is 1.67. The van der Waals surface area contributed by atoms with E-state index in [1.54, 1.807) is 14.1 Å². The van der Waals surface area contributed by atoms with Gasteiger partial charge in [0.05, 0.1) is 0 Å². The number of nitrogens with zero attached hydrogens (tertiary/aromatic N) is 2. The maximum Gasteiger partial charge on any atom is 0.326 e. The van der Waals surface area contributed by atoms with Crippen LogP contribution in [0.4, 0.5) is 4.79 Å². The van der Waals surface area contributed by atoms with Crippen molar-refractivity contribution in [1.82, 2.24) is 9.80 Å². The summed E-state index contributed by atoms with van der Waals surface area (Å²) < 4.78 is 0. The summed E-state index contributed by atoms with van der Waals surface area (Å²) in [7, 11) is 3.27. The molecular formula is C9H16N2O3. The summed E-state index contributed by atoms with van der Waals surface area (Å²) in [5.41, 5.74) is 0. The fraction of sp³-hybridized carbons (Fsp3) is 0.778. The van der Waals surface area contributed by atoms with Crippen molar-refractivity contribution in [3.05, 3.63) is 0 Å². The van der Waals surface area contributed by atoms with Gasteiger partial charge in [0, 0.05) is 20.6 Å². The van der Waals surface area contributed by atoms with Gasteiger partial charge in [0.25, 0.3) is 0 Å². The van der Waals surface area contributed by atoms with Crippen molar-refractivity contribution in [3.8, 4) is 0 Å². The average molecular weight is 200 g/mol. The van der Waals surface area contributed by atoms with E-state index in [0.29, 0.717) is 13.0 Å². The van der Waals surface area contributed by atoms with E-state index in [-0.39, 0.29) is 6.03 Å². The zero-order valence-corrected chi connectivity index (χ0v) is 8.56. The molecule has 0 aromatic rings. The van der Waals surface area contributed by atoms with Gasteiger partial charge in [-0.05, 0) is 19.3 Å². The van der Waals surface area contributed by atoms with Gasteiger partial charge in [0.15, 0.2) is 0 Å². The Kier molecular flexibility index (Phi) is 3.33. The second-order valence-electron chi connectivity index (χ2n) is 3.72. The van der Waals surface area contributed by atoms with Gasteiger partial charge >= 0.3 is 12.0 Å². The molecule has 0 bridgehead atoms. The number of hydrogen-bond acceptors (Lipinski definition) is 2. The monoisotopic (exact) mass is 200 g/mol. The van der Waals surface area contributed by atoms with E-state index < -0.39 is 12.0 Å². The van der Waals surface area contributed by atoms with Crippen LogP contribution >= 0.6 is 0 Å². The van der Waals surface area contributed by atoms with Crippen molar-refractivity contribution < 1.29 is 14.7 Å². The molecule has 5 heteroatoms. The van der Waals surface area contributed by atoms with Crippen LogP contribution < -0.4 is 0 Å². The molecule has 1 fully saturated rings. The first-order valence-electron chi connectivity index (χ1n) is 4.74. The van der Waals surface area contributed by atoms with Gasteiger partial charge in [-0.25, -0.2) is 9.59 Å². The SMILES string of the molecule is CN(C)C(=O)N1CCCC[C@@H]1C(=O)O. The van der Waals surface area contributed by atoms with E-state index in [1.807, 2.05) is 0 Å². The minimum Gasteiger partial charge on any atom is -0.480 e. The number of aliphatic carboxylic acids is 1. The molecule has 5 nitrogen and oxygen atoms in total. The van der Waals surface area contributed by atoms with Crippen molar-refractivity contribution in [2.45, 2.75) is 25.3 Å². The van der Waals surface area contributed by atoms with E-state index in [4.69, 9.17) is 5.11 Å². The highest BCUT2D eigenvalue weighted by molar-refractivity contribution is 5.82. The maximum absolute atomic E-state index is 11.6. The standard InChI is InChI=1S/C9H16N2O3/c1-10(2)9(14)11-6-4-3-5-7(11)8(12)13/h7H,3-6H2,1-2H3,(H,12,13)/t7-/m1/s1. The summed E-state index contributed by atoms with van der Waals surface area (Å²) in [4.78, 5) is 25.3. The third-order valence-electron chi connectivity index (χ3n) is 2.42. The van der Waals surface area contributed by atoms with Crippen LogP contribution in [0.1, 0.15) is 19.3 Å². The molecule has 0 aromatic carbocycles. The molecule has 1 N–H and O–H groups in total. The Morgan fingerprint density at radius 1 is 1.36 bits per heavy atom. The summed E-state index contributed by atoms with van der Waals surface area (Å²) in [6.07, 6.45) is 2.34. The van der Waals surface area contributed by atoms with Gasteiger partial charge in [0.1, 0.15) is 6.04 Å². The van der Waals surface area contributed by atoms with E-state index in [1.165, 1.54) is 9.80 Å². The lowest BCUT2D eigenvalue weighted by Gasteiger charge is -2.34. The molecule has 0 aromatic heterocycles. The molecule has 1 aliphatic rings. The van der Waals surface area contributed by atoms with Crippen LogP contribution in [0.5, 0.6) is 0 Å². The van der Waals surface area contributed by atoms with E-state index in [9.17, 15) is 9.59 Å². The normalized spacial score (nSPS) is 21.9. The number of carboxylic acid groups (broad SMARTS) is 1. The predicted molar refractivity (Wildman–Crippen MR) is 51.1 cm³/mol. The van der Waals surface area contributed by atoms with Gasteiger partial charge in [-0.15, -0.1) is 0 Å². The molecule has 14 heavy (non-hydrogen) atoms. The molecule has 1 heterocycles. The lowest BCUT2D eigenvalue weighted by Crippen LogP contribution is -2.51. The highest BCUT2D eigenvalue weighted by Gasteiger charge is 2.32. The second-order valence-corrected chi connectivity index (χ2v) is 3.72. The topological polar surface area (TPSA) is 60.9 Å². The van der Waals surface area contributed by atoms with Crippen LogP contribution in [0.25, 0.3) is 0 Å². The number of carbonyl (C=O) groups excluding carboxylic acids is 1. The van der Waals surface area contributed by atoms with Gasteiger partial charge in [-0.1, -0.05) is 0 Å². The number of rotatable bonds is 1. The average Bonchev–Trinajstić information content (AvgIpc) is 2.16. The highest BCUT2D eigenvalue weighted by Crippen LogP contribution is 2.18. The van der Waals surface area contributed by atoms with Crippen LogP contribution in [0.15, 0.2) is 0 Å². The molecule has 1 rings (SSSR count). The number of carboxylic acids is 1. The summed E-state index contributed by atoms with van der Waals surface area (Å²) in [5, 5.41) is 8.93. The zero-order chi connectivity index (χ0) is 10.7. The third kappa shape index (κ3) is 2.16. The molecule has 2 amide bonds. The first-order chi connectivity index (χ1) is 6.54. The second kappa shape index (κ2) is 4.30. The largest absolute Gasteiger partial charge is 0.480 e. The first-order valence-corrected chi connectivity index (χ1v) is 4.74. The Labute approximate surface area is 83.3 Å². The predicted octanol–water partition coefficient (Wildman–Crippen LogP) is 0.607. The Morgan fingerprint density at radius 3 is 2.50 bits per heavy atom. The van der Waals surface area contributed by atoms with Crippen molar-refractivity contribution in [3.63, 3.8) is 0 Å². The third-order valence-corrected chi connectivity index (χ3v) is 2.42. The van der Waals surface area contributed by atoms with Crippen molar-refractivity contribution >= 4 is 12.0 Å². The lowest BCUT2D eigenvalue weighted by molar-refractivity contribution is -0.143. The number of hydrogen-bond donors (Lipinski definition) is 1. The summed E-state index contributed by atoms with van der Waals surface area (Å²) in [6.45, 7) is 0.550. The molecule has 1 atom stereocenters. The summed E-state index contributed by atoms with van der Waals surface area (Å²) in [5.74, 6) is -0.903. The molecule has 0 radical (unpaired) electrons. The Balaban J connectivity index is 2.72. The van der Waals surface area contributed by atoms with E-state index >= 15 is 0 Å².